The summed E-state index contributed by atoms with van der Waals surface area (Å²) in [6.45, 7) is 2.00. The normalized spacial score (nSPS) is 12.2. The highest BCUT2D eigenvalue weighted by Gasteiger charge is 2.24. The number of nitriles is 1. The highest BCUT2D eigenvalue weighted by Crippen LogP contribution is 2.39. The van der Waals surface area contributed by atoms with Gasteiger partial charge in [-0.15, -0.1) is 0 Å². The van der Waals surface area contributed by atoms with E-state index in [9.17, 15) is 9.90 Å². The smallest absolute Gasteiger partial charge is 0.303 e. The third-order valence-corrected chi connectivity index (χ3v) is 5.20. The van der Waals surface area contributed by atoms with Crippen molar-refractivity contribution in [2.24, 2.45) is 0 Å². The predicted octanol–water partition coefficient (Wildman–Crippen LogP) is 4.16. The van der Waals surface area contributed by atoms with Gasteiger partial charge in [-0.2, -0.15) is 10.4 Å². The zero-order valence-electron chi connectivity index (χ0n) is 16.1. The molecule has 2 heterocycles. The zero-order chi connectivity index (χ0) is 20.5. The van der Waals surface area contributed by atoms with Gasteiger partial charge >= 0.3 is 5.97 Å². The molecule has 146 valence electrons. The predicted molar refractivity (Wildman–Crippen MR) is 109 cm³/mol. The van der Waals surface area contributed by atoms with Gasteiger partial charge in [-0.05, 0) is 49.2 Å². The molecule has 7 nitrogen and oxygen atoms in total. The summed E-state index contributed by atoms with van der Waals surface area (Å²) in [5.41, 5.74) is 4.16. The van der Waals surface area contributed by atoms with Gasteiger partial charge in [0.2, 0.25) is 0 Å². The van der Waals surface area contributed by atoms with Crippen molar-refractivity contribution in [3.05, 3.63) is 59.4 Å². The average Bonchev–Trinajstić information content (AvgIpc) is 3.35. The fourth-order valence-electron chi connectivity index (χ4n) is 3.85. The average molecular weight is 388 g/mol. The van der Waals surface area contributed by atoms with E-state index in [0.717, 1.165) is 27.4 Å². The van der Waals surface area contributed by atoms with Crippen LogP contribution in [-0.4, -0.2) is 33.0 Å². The first-order chi connectivity index (χ1) is 14.0. The van der Waals surface area contributed by atoms with Crippen LogP contribution in [0.1, 0.15) is 35.6 Å². The molecule has 0 saturated carbocycles. The Kier molecular flexibility index (Phi) is 4.69. The lowest BCUT2D eigenvalue weighted by atomic mass is 9.95. The lowest BCUT2D eigenvalue weighted by Crippen LogP contribution is -2.15. The van der Waals surface area contributed by atoms with Gasteiger partial charge in [0.05, 0.1) is 30.3 Å². The number of H-pyrrole nitrogens is 1. The minimum atomic E-state index is -0.866. The van der Waals surface area contributed by atoms with Crippen molar-refractivity contribution in [2.75, 3.05) is 7.11 Å². The summed E-state index contributed by atoms with van der Waals surface area (Å²) in [4.78, 5) is 14.6. The number of hydrogen-bond acceptors (Lipinski definition) is 4. The first-order valence-electron chi connectivity index (χ1n) is 9.27. The van der Waals surface area contributed by atoms with Gasteiger partial charge in [0, 0.05) is 40.7 Å². The highest BCUT2D eigenvalue weighted by atomic mass is 16.5. The maximum atomic E-state index is 11.3. The number of rotatable bonds is 6. The lowest BCUT2D eigenvalue weighted by molar-refractivity contribution is -0.137. The third kappa shape index (κ3) is 3.29. The Balaban J connectivity index is 1.93. The molecule has 0 aliphatic rings. The number of carboxylic acids is 1. The molecule has 2 N–H and O–H groups in total. The number of aromatic nitrogens is 3. The van der Waals surface area contributed by atoms with E-state index in [1.165, 1.54) is 0 Å². The lowest BCUT2D eigenvalue weighted by Gasteiger charge is -2.22. The summed E-state index contributed by atoms with van der Waals surface area (Å²) in [6.07, 6.45) is 4.11. The fraction of sp³-hybridized carbons (Fsp3) is 0.227. The standard InChI is InChI=1S/C22H20N4O3/c1-13-9-19(29-2)21(16-7-8-24-22(13)16)18(5-6-20(27)28)26-12-15-4-3-14(11-23)10-17(15)25-26/h3-4,7-10,12,18,24H,5-6H2,1-2H3,(H,27,28). The van der Waals surface area contributed by atoms with Crippen LogP contribution in [0.2, 0.25) is 0 Å². The number of ether oxygens (including phenoxy) is 1. The molecule has 7 heteroatoms. The third-order valence-electron chi connectivity index (χ3n) is 5.20. The van der Waals surface area contributed by atoms with E-state index >= 15 is 0 Å². The topological polar surface area (TPSA) is 104 Å². The minimum Gasteiger partial charge on any atom is -0.496 e. The molecule has 0 spiro atoms. The molecular formula is C22H20N4O3. The molecule has 29 heavy (non-hydrogen) atoms. The number of aromatic amines is 1. The Labute approximate surface area is 167 Å². The monoisotopic (exact) mass is 388 g/mol. The summed E-state index contributed by atoms with van der Waals surface area (Å²) in [7, 11) is 1.61. The molecular weight excluding hydrogens is 368 g/mol. The summed E-state index contributed by atoms with van der Waals surface area (Å²) < 4.78 is 7.46. The van der Waals surface area contributed by atoms with Crippen LogP contribution in [0.5, 0.6) is 5.75 Å². The molecule has 0 fully saturated rings. The van der Waals surface area contributed by atoms with Gasteiger partial charge in [-0.1, -0.05) is 0 Å². The minimum absolute atomic E-state index is 0.00668. The molecule has 2 aromatic carbocycles. The van der Waals surface area contributed by atoms with Crippen molar-refractivity contribution < 1.29 is 14.6 Å². The van der Waals surface area contributed by atoms with Gasteiger partial charge in [-0.3, -0.25) is 9.48 Å². The zero-order valence-corrected chi connectivity index (χ0v) is 16.1. The van der Waals surface area contributed by atoms with E-state index in [4.69, 9.17) is 10.00 Å². The van der Waals surface area contributed by atoms with E-state index in [1.54, 1.807) is 23.9 Å². The van der Waals surface area contributed by atoms with Crippen molar-refractivity contribution >= 4 is 27.8 Å². The summed E-state index contributed by atoms with van der Waals surface area (Å²) in [6, 6.07) is 11.1. The second-order valence-corrected chi connectivity index (χ2v) is 7.02. The number of nitrogens with one attached hydrogen (secondary N) is 1. The van der Waals surface area contributed by atoms with Crippen LogP contribution in [0.15, 0.2) is 42.7 Å². The Bertz CT molecular complexity index is 1260. The van der Waals surface area contributed by atoms with Crippen LogP contribution in [0.4, 0.5) is 0 Å². The van der Waals surface area contributed by atoms with Crippen LogP contribution in [-0.2, 0) is 4.79 Å². The molecule has 4 rings (SSSR count). The van der Waals surface area contributed by atoms with E-state index in [0.29, 0.717) is 23.3 Å². The maximum absolute atomic E-state index is 11.3. The largest absolute Gasteiger partial charge is 0.496 e. The maximum Gasteiger partial charge on any atom is 0.303 e. The van der Waals surface area contributed by atoms with Gasteiger partial charge in [0.15, 0.2) is 0 Å². The van der Waals surface area contributed by atoms with Crippen molar-refractivity contribution in [1.82, 2.24) is 14.8 Å². The number of methoxy groups -OCH3 is 1. The SMILES string of the molecule is COc1cc(C)c2[nH]ccc2c1C(CCC(=O)O)n1cc2ccc(C#N)cc2n1. The first kappa shape index (κ1) is 18.6. The molecule has 0 amide bonds. The van der Waals surface area contributed by atoms with Crippen LogP contribution < -0.4 is 4.74 Å². The van der Waals surface area contributed by atoms with Gasteiger partial charge in [-0.25, -0.2) is 0 Å². The van der Waals surface area contributed by atoms with Crippen molar-refractivity contribution in [2.45, 2.75) is 25.8 Å². The second kappa shape index (κ2) is 7.32. The number of aryl methyl sites for hydroxylation is 1. The number of hydrogen-bond donors (Lipinski definition) is 2. The van der Waals surface area contributed by atoms with Gasteiger partial charge in [0.1, 0.15) is 5.75 Å². The number of benzene rings is 2. The van der Waals surface area contributed by atoms with Crippen LogP contribution in [0, 0.1) is 18.3 Å². The molecule has 1 unspecified atom stereocenters. The van der Waals surface area contributed by atoms with E-state index in [-0.39, 0.29) is 12.5 Å². The quantitative estimate of drug-likeness (QED) is 0.516. The summed E-state index contributed by atoms with van der Waals surface area (Å²) >= 11 is 0. The molecule has 2 aromatic heterocycles. The number of nitrogens with zero attached hydrogens (tertiary/aromatic N) is 3. The van der Waals surface area contributed by atoms with Gasteiger partial charge < -0.3 is 14.8 Å². The molecule has 0 aliphatic heterocycles. The molecule has 1 atom stereocenters. The molecule has 0 aliphatic carbocycles. The summed E-state index contributed by atoms with van der Waals surface area (Å²) in [5.74, 6) is -0.169. The second-order valence-electron chi connectivity index (χ2n) is 7.02. The van der Waals surface area contributed by atoms with Crippen LogP contribution in [0.3, 0.4) is 0 Å². The van der Waals surface area contributed by atoms with Crippen molar-refractivity contribution in [3.63, 3.8) is 0 Å². The number of aliphatic carboxylic acids is 1. The molecule has 0 saturated heterocycles. The van der Waals surface area contributed by atoms with Crippen LogP contribution >= 0.6 is 0 Å². The van der Waals surface area contributed by atoms with E-state index < -0.39 is 5.97 Å². The fourth-order valence-corrected chi connectivity index (χ4v) is 3.85. The number of fused-ring (bicyclic) bond motifs is 2. The Morgan fingerprint density at radius 3 is 2.93 bits per heavy atom. The highest BCUT2D eigenvalue weighted by molar-refractivity contribution is 5.89. The Hall–Kier alpha value is -3.79. The molecule has 0 radical (unpaired) electrons. The number of carboxylic acid groups (broad SMARTS) is 1. The first-order valence-corrected chi connectivity index (χ1v) is 9.27. The Morgan fingerprint density at radius 1 is 1.38 bits per heavy atom. The Morgan fingerprint density at radius 2 is 2.21 bits per heavy atom. The number of carbonyl (C=O) groups is 1. The van der Waals surface area contributed by atoms with E-state index in [1.807, 2.05) is 37.5 Å². The molecule has 4 aromatic rings. The van der Waals surface area contributed by atoms with Crippen LogP contribution in [0.25, 0.3) is 21.8 Å². The van der Waals surface area contributed by atoms with Crippen molar-refractivity contribution in [1.29, 1.82) is 5.26 Å². The van der Waals surface area contributed by atoms with E-state index in [2.05, 4.69) is 16.2 Å². The van der Waals surface area contributed by atoms with Crippen molar-refractivity contribution in [3.8, 4) is 11.8 Å². The van der Waals surface area contributed by atoms with Gasteiger partial charge in [0.25, 0.3) is 0 Å². The molecule has 0 bridgehead atoms. The summed E-state index contributed by atoms with van der Waals surface area (Å²) in [5, 5.41) is 25.0.